The van der Waals surface area contributed by atoms with Gasteiger partial charge in [-0.1, -0.05) is 78.5 Å². The Bertz CT molecular complexity index is 1690. The number of hydrogen-bond acceptors (Lipinski definition) is 8. The van der Waals surface area contributed by atoms with Crippen molar-refractivity contribution >= 4 is 57.4 Å². The van der Waals surface area contributed by atoms with Crippen molar-refractivity contribution < 1.29 is 9.47 Å². The zero-order valence-corrected chi connectivity index (χ0v) is 23.0. The van der Waals surface area contributed by atoms with Crippen LogP contribution < -0.4 is 9.64 Å². The highest BCUT2D eigenvalue weighted by molar-refractivity contribution is 8.00. The van der Waals surface area contributed by atoms with Crippen molar-refractivity contribution in [3.63, 3.8) is 0 Å². The van der Waals surface area contributed by atoms with E-state index in [1.54, 1.807) is 6.33 Å². The topological polar surface area (TPSA) is 88.5 Å². The smallest absolute Gasteiger partial charge is 0.181 e. The van der Waals surface area contributed by atoms with E-state index in [4.69, 9.17) is 26.1 Å². The molecule has 2 aromatic heterocycles. The number of H-pyrrole nitrogens is 1. The van der Waals surface area contributed by atoms with Crippen molar-refractivity contribution in [3.8, 4) is 5.75 Å². The average Bonchev–Trinajstić information content (AvgIpc) is 3.47. The van der Waals surface area contributed by atoms with Crippen LogP contribution in [-0.2, 0) is 11.3 Å². The number of para-hydroxylation sites is 1. The third-order valence-corrected chi connectivity index (χ3v) is 7.59. The number of anilines is 1. The molecule has 3 aromatic carbocycles. The maximum absolute atomic E-state index is 6.68. The van der Waals surface area contributed by atoms with Crippen LogP contribution in [0.5, 0.6) is 5.75 Å². The number of aromatic amines is 1. The number of hydrogen-bond donors (Lipinski definition) is 1. The molecule has 0 spiro atoms. The van der Waals surface area contributed by atoms with Crippen LogP contribution >= 0.6 is 23.4 Å². The predicted molar refractivity (Wildman–Crippen MR) is 161 cm³/mol. The van der Waals surface area contributed by atoms with Gasteiger partial charge in [-0.25, -0.2) is 19.9 Å². The summed E-state index contributed by atoms with van der Waals surface area (Å²) < 4.78 is 12.0. The first-order valence-corrected chi connectivity index (χ1v) is 14.0. The molecule has 0 fully saturated rings. The minimum atomic E-state index is 0.392. The quantitative estimate of drug-likeness (QED) is 0.111. The van der Waals surface area contributed by atoms with Gasteiger partial charge in [0.2, 0.25) is 0 Å². The number of aliphatic imine (C=N–C) groups is 1. The van der Waals surface area contributed by atoms with Gasteiger partial charge >= 0.3 is 0 Å². The van der Waals surface area contributed by atoms with Crippen LogP contribution in [0.15, 0.2) is 102 Å². The van der Waals surface area contributed by atoms with Gasteiger partial charge < -0.3 is 14.5 Å². The van der Waals surface area contributed by atoms with Crippen LogP contribution in [-0.4, -0.2) is 44.7 Å². The van der Waals surface area contributed by atoms with Crippen LogP contribution in [0, 0.1) is 0 Å². The minimum absolute atomic E-state index is 0.392. The lowest BCUT2D eigenvalue weighted by Gasteiger charge is -2.33. The zero-order valence-electron chi connectivity index (χ0n) is 21.5. The second-order valence-electron chi connectivity index (χ2n) is 8.87. The summed E-state index contributed by atoms with van der Waals surface area (Å²) in [6, 6.07) is 23.6. The molecule has 0 aliphatic carbocycles. The number of halogens is 1. The van der Waals surface area contributed by atoms with Crippen molar-refractivity contribution in [2.75, 3.05) is 23.9 Å². The number of aromatic nitrogens is 4. The predicted octanol–water partition coefficient (Wildman–Crippen LogP) is 6.92. The molecule has 0 saturated carbocycles. The number of benzene rings is 3. The second-order valence-corrected chi connectivity index (χ2v) is 10.2. The molecule has 0 amide bonds. The molecule has 1 N–H and O–H groups in total. The molecule has 0 atom stereocenters. The Morgan fingerprint density at radius 3 is 2.65 bits per heavy atom. The Morgan fingerprint density at radius 1 is 0.925 bits per heavy atom. The standard InChI is InChI=1S/C30H25ClN6O2S/c1-20-27-23(11-7-13-25(27)39-15-14-38-16-21-8-3-2-4-9-21)36-26(37(20)24-12-6-5-10-22(24)31)17-40-30-28-29(33-18-32-28)34-19-35-30/h2-13,18-19H,1,14-17H2,(H,32,33,34,35). The summed E-state index contributed by atoms with van der Waals surface area (Å²) in [5, 5.41) is 1.38. The van der Waals surface area contributed by atoms with E-state index < -0.39 is 0 Å². The van der Waals surface area contributed by atoms with Gasteiger partial charge in [0.05, 0.1) is 53.0 Å². The third-order valence-electron chi connectivity index (χ3n) is 6.29. The number of nitrogens with one attached hydrogen (secondary N) is 1. The van der Waals surface area contributed by atoms with E-state index in [-0.39, 0.29) is 0 Å². The van der Waals surface area contributed by atoms with E-state index in [1.807, 2.05) is 77.7 Å². The highest BCUT2D eigenvalue weighted by atomic mass is 35.5. The first-order chi connectivity index (χ1) is 19.7. The number of amidine groups is 1. The summed E-state index contributed by atoms with van der Waals surface area (Å²) in [5.41, 5.74) is 5.64. The molecule has 1 aliphatic heterocycles. The van der Waals surface area contributed by atoms with E-state index in [0.717, 1.165) is 44.6 Å². The normalized spacial score (nSPS) is 12.9. The van der Waals surface area contributed by atoms with Gasteiger partial charge in [-0.2, -0.15) is 0 Å². The first-order valence-electron chi connectivity index (χ1n) is 12.6. The average molecular weight is 569 g/mol. The summed E-state index contributed by atoms with van der Waals surface area (Å²) in [4.78, 5) is 23.1. The number of fused-ring (bicyclic) bond motifs is 2. The fourth-order valence-corrected chi connectivity index (χ4v) is 5.55. The molecule has 10 heteroatoms. The lowest BCUT2D eigenvalue weighted by molar-refractivity contribution is 0.0888. The molecule has 8 nitrogen and oxygen atoms in total. The molecule has 6 rings (SSSR count). The monoisotopic (exact) mass is 568 g/mol. The molecule has 3 heterocycles. The van der Waals surface area contributed by atoms with Crippen molar-refractivity contribution in [3.05, 3.63) is 108 Å². The van der Waals surface area contributed by atoms with Gasteiger partial charge in [-0.05, 0) is 29.8 Å². The Hall–Kier alpha value is -4.18. The van der Waals surface area contributed by atoms with Gasteiger partial charge in [0.15, 0.2) is 5.65 Å². The Balaban J connectivity index is 1.26. The largest absolute Gasteiger partial charge is 0.490 e. The van der Waals surface area contributed by atoms with Crippen LogP contribution in [0.25, 0.3) is 16.9 Å². The van der Waals surface area contributed by atoms with Crippen LogP contribution in [0.4, 0.5) is 11.4 Å². The summed E-state index contributed by atoms with van der Waals surface area (Å²) in [5.74, 6) is 1.96. The Kier molecular flexibility index (Phi) is 7.76. The number of ether oxygens (including phenoxy) is 2. The molecule has 0 unspecified atom stereocenters. The summed E-state index contributed by atoms with van der Waals surface area (Å²) >= 11 is 8.22. The molecule has 1 aliphatic rings. The van der Waals surface area contributed by atoms with Gasteiger partial charge in [-0.15, -0.1) is 0 Å². The van der Waals surface area contributed by atoms with E-state index in [2.05, 4.69) is 26.5 Å². The first kappa shape index (κ1) is 26.1. The lowest BCUT2D eigenvalue weighted by atomic mass is 10.0. The molecule has 5 aromatic rings. The molecular formula is C30H25ClN6O2S. The van der Waals surface area contributed by atoms with Gasteiger partial charge in [-0.3, -0.25) is 4.90 Å². The van der Waals surface area contributed by atoms with E-state index in [0.29, 0.717) is 42.0 Å². The Labute approximate surface area is 240 Å². The number of nitrogens with zero attached hydrogens (tertiary/aromatic N) is 5. The SMILES string of the molecule is C=C1c2c(cccc2OCCOCc2ccccc2)N=C(CSc2ncnc3nc[nH]c23)N1c1ccccc1Cl. The lowest BCUT2D eigenvalue weighted by Crippen LogP contribution is -2.33. The second kappa shape index (κ2) is 11.9. The molecule has 40 heavy (non-hydrogen) atoms. The third kappa shape index (κ3) is 5.44. The van der Waals surface area contributed by atoms with Gasteiger partial charge in [0, 0.05) is 0 Å². The maximum atomic E-state index is 6.68. The van der Waals surface area contributed by atoms with Gasteiger partial charge in [0.1, 0.15) is 35.1 Å². The molecule has 0 bridgehead atoms. The highest BCUT2D eigenvalue weighted by Crippen LogP contribution is 2.44. The van der Waals surface area contributed by atoms with E-state index in [9.17, 15) is 0 Å². The van der Waals surface area contributed by atoms with Crippen LogP contribution in [0.1, 0.15) is 11.1 Å². The van der Waals surface area contributed by atoms with Crippen molar-refractivity contribution in [2.24, 2.45) is 4.99 Å². The fourth-order valence-electron chi connectivity index (χ4n) is 4.45. The van der Waals surface area contributed by atoms with E-state index >= 15 is 0 Å². The van der Waals surface area contributed by atoms with Crippen molar-refractivity contribution in [1.82, 2.24) is 19.9 Å². The van der Waals surface area contributed by atoms with Gasteiger partial charge in [0.25, 0.3) is 0 Å². The molecular weight excluding hydrogens is 544 g/mol. The number of thioether (sulfide) groups is 1. The summed E-state index contributed by atoms with van der Waals surface area (Å²) in [6.45, 7) is 5.85. The number of rotatable bonds is 10. The van der Waals surface area contributed by atoms with Crippen molar-refractivity contribution in [1.29, 1.82) is 0 Å². The maximum Gasteiger partial charge on any atom is 0.181 e. The zero-order chi connectivity index (χ0) is 27.3. The fraction of sp³-hybridized carbons (Fsp3) is 0.133. The van der Waals surface area contributed by atoms with Crippen molar-refractivity contribution in [2.45, 2.75) is 11.6 Å². The minimum Gasteiger partial charge on any atom is -0.490 e. The van der Waals surface area contributed by atoms with Crippen LogP contribution in [0.2, 0.25) is 5.02 Å². The Morgan fingerprint density at radius 2 is 1.77 bits per heavy atom. The number of imidazole rings is 1. The molecule has 0 radical (unpaired) electrons. The summed E-state index contributed by atoms with van der Waals surface area (Å²) in [7, 11) is 0. The summed E-state index contributed by atoms with van der Waals surface area (Å²) in [6.07, 6.45) is 3.13. The highest BCUT2D eigenvalue weighted by Gasteiger charge is 2.29. The van der Waals surface area contributed by atoms with Crippen LogP contribution in [0.3, 0.4) is 0 Å². The van der Waals surface area contributed by atoms with E-state index in [1.165, 1.54) is 18.1 Å². The molecule has 0 saturated heterocycles. The molecule has 200 valence electrons.